The third-order valence-corrected chi connectivity index (χ3v) is 6.07. The van der Waals surface area contributed by atoms with E-state index < -0.39 is 0 Å². The molecule has 3 N–H and O–H groups in total. The first-order chi connectivity index (χ1) is 16.9. The molecule has 8 heteroatoms. The number of benzene rings is 2. The molecule has 2 aliphatic rings. The van der Waals surface area contributed by atoms with Gasteiger partial charge in [0, 0.05) is 34.4 Å². The predicted molar refractivity (Wildman–Crippen MR) is 140 cm³/mol. The van der Waals surface area contributed by atoms with Crippen molar-refractivity contribution in [2.24, 2.45) is 4.99 Å². The number of nitriles is 1. The average molecular weight is 465 g/mol. The standard InChI is InChI=1S/C27H28N8/c1-17(2)30-23-9-6-19(11-21(23)13-28)27-32-24-10-7-20(12-25(24)33-27)26-29-14-22(8-5-18(3)31-26)35-15-34(4)16-35/h6-7,9-12,14,30H,1,3,5,8,15-16H2,2,4H3,(H,29,31)(H,32,33)/b22-14+. The van der Waals surface area contributed by atoms with Gasteiger partial charge in [-0.2, -0.15) is 5.26 Å². The number of hydrogen-bond donors (Lipinski definition) is 3. The van der Waals surface area contributed by atoms with Crippen LogP contribution in [0.1, 0.15) is 30.9 Å². The largest absolute Gasteiger partial charge is 0.359 e. The molecule has 1 aromatic heterocycles. The van der Waals surface area contributed by atoms with Gasteiger partial charge < -0.3 is 20.5 Å². The second-order valence-electron chi connectivity index (χ2n) is 9.10. The van der Waals surface area contributed by atoms with E-state index in [9.17, 15) is 5.26 Å². The van der Waals surface area contributed by atoms with Crippen molar-refractivity contribution in [3.63, 3.8) is 0 Å². The lowest BCUT2D eigenvalue weighted by Crippen LogP contribution is -2.52. The summed E-state index contributed by atoms with van der Waals surface area (Å²) >= 11 is 0. The lowest BCUT2D eigenvalue weighted by Gasteiger charge is -2.43. The molecule has 8 nitrogen and oxygen atoms in total. The van der Waals surface area contributed by atoms with Gasteiger partial charge in [0.05, 0.1) is 35.6 Å². The molecule has 0 amide bonds. The maximum Gasteiger partial charge on any atom is 0.138 e. The fourth-order valence-electron chi connectivity index (χ4n) is 4.27. The monoisotopic (exact) mass is 464 g/mol. The number of aliphatic imine (C=N–C) groups is 1. The third kappa shape index (κ3) is 4.67. The summed E-state index contributed by atoms with van der Waals surface area (Å²) in [4.78, 5) is 17.5. The van der Waals surface area contributed by atoms with Crippen LogP contribution in [0.25, 0.3) is 22.4 Å². The number of aromatic amines is 1. The SMILES string of the molecule is C=C(C)Nc1ccc(-c2nc3ccc(C4=N/C=C(/N5CN(C)C5)CCC(=C)N4)cc3[nH]2)cc1C#N. The molecule has 3 aromatic rings. The number of nitrogens with zero attached hydrogens (tertiary/aromatic N) is 5. The highest BCUT2D eigenvalue weighted by Crippen LogP contribution is 2.27. The highest BCUT2D eigenvalue weighted by atomic mass is 15.5. The molecule has 2 aromatic carbocycles. The number of anilines is 1. The first kappa shape index (κ1) is 22.4. The summed E-state index contributed by atoms with van der Waals surface area (Å²) in [5.74, 6) is 1.47. The Morgan fingerprint density at radius 2 is 1.94 bits per heavy atom. The minimum Gasteiger partial charge on any atom is -0.359 e. The first-order valence-corrected chi connectivity index (χ1v) is 11.5. The zero-order valence-corrected chi connectivity index (χ0v) is 20.0. The van der Waals surface area contributed by atoms with Gasteiger partial charge in [-0.3, -0.25) is 4.90 Å². The van der Waals surface area contributed by atoms with Crippen molar-refractivity contribution in [1.82, 2.24) is 25.1 Å². The fourth-order valence-corrected chi connectivity index (χ4v) is 4.27. The van der Waals surface area contributed by atoms with Crippen LogP contribution >= 0.6 is 0 Å². The number of imidazole rings is 1. The summed E-state index contributed by atoms with van der Waals surface area (Å²) in [6.45, 7) is 11.8. The summed E-state index contributed by atoms with van der Waals surface area (Å²) in [7, 11) is 2.11. The lowest BCUT2D eigenvalue weighted by molar-refractivity contribution is 0.0188. The minimum atomic E-state index is 0.536. The number of nitrogens with one attached hydrogen (secondary N) is 3. The highest BCUT2D eigenvalue weighted by Gasteiger charge is 2.23. The van der Waals surface area contributed by atoms with Crippen LogP contribution in [0.4, 0.5) is 5.69 Å². The second kappa shape index (κ2) is 9.12. The van der Waals surface area contributed by atoms with Crippen molar-refractivity contribution in [2.75, 3.05) is 25.7 Å². The normalized spacial score (nSPS) is 17.9. The summed E-state index contributed by atoms with van der Waals surface area (Å²) < 4.78 is 0. The molecule has 176 valence electrons. The smallest absolute Gasteiger partial charge is 0.138 e. The number of aromatic nitrogens is 2. The number of fused-ring (bicyclic) bond motifs is 1. The molecule has 0 bridgehead atoms. The molecule has 0 radical (unpaired) electrons. The summed E-state index contributed by atoms with van der Waals surface area (Å²) in [6.07, 6.45) is 3.75. The maximum absolute atomic E-state index is 9.59. The Morgan fingerprint density at radius 1 is 1.14 bits per heavy atom. The van der Waals surface area contributed by atoms with Crippen LogP contribution in [0.3, 0.4) is 0 Å². The Kier molecular flexibility index (Phi) is 5.85. The van der Waals surface area contributed by atoms with E-state index in [0.717, 1.165) is 71.3 Å². The van der Waals surface area contributed by atoms with Crippen molar-refractivity contribution < 1.29 is 0 Å². The molecule has 5 rings (SSSR count). The molecule has 0 spiro atoms. The maximum atomic E-state index is 9.59. The number of rotatable bonds is 5. The van der Waals surface area contributed by atoms with Gasteiger partial charge in [-0.25, -0.2) is 9.98 Å². The van der Waals surface area contributed by atoms with Crippen molar-refractivity contribution in [3.8, 4) is 17.5 Å². The molecule has 2 aliphatic heterocycles. The predicted octanol–water partition coefficient (Wildman–Crippen LogP) is 4.69. The van der Waals surface area contributed by atoms with Gasteiger partial charge in [0.1, 0.15) is 17.7 Å². The highest BCUT2D eigenvalue weighted by molar-refractivity contribution is 6.02. The van der Waals surface area contributed by atoms with Gasteiger partial charge in [0.25, 0.3) is 0 Å². The van der Waals surface area contributed by atoms with Crippen LogP contribution in [0.15, 0.2) is 77.8 Å². The van der Waals surface area contributed by atoms with Crippen molar-refractivity contribution in [1.29, 1.82) is 5.26 Å². The summed E-state index contributed by atoms with van der Waals surface area (Å²) in [6, 6.07) is 13.9. The molecule has 35 heavy (non-hydrogen) atoms. The van der Waals surface area contributed by atoms with Gasteiger partial charge in [-0.1, -0.05) is 13.2 Å². The molecule has 0 saturated carbocycles. The molecule has 0 unspecified atom stereocenters. The molecule has 0 atom stereocenters. The van der Waals surface area contributed by atoms with Gasteiger partial charge in [-0.05, 0) is 63.2 Å². The lowest BCUT2D eigenvalue weighted by atomic mass is 10.1. The van der Waals surface area contributed by atoms with E-state index in [4.69, 9.17) is 9.98 Å². The van der Waals surface area contributed by atoms with Crippen LogP contribution in [-0.4, -0.2) is 46.0 Å². The van der Waals surface area contributed by atoms with Crippen LogP contribution < -0.4 is 10.6 Å². The first-order valence-electron chi connectivity index (χ1n) is 11.5. The number of amidine groups is 1. The molecule has 1 saturated heterocycles. The van der Waals surface area contributed by atoms with Gasteiger partial charge >= 0.3 is 0 Å². The van der Waals surface area contributed by atoms with E-state index in [1.165, 1.54) is 5.70 Å². The molecular formula is C27H28N8. The molecule has 1 fully saturated rings. The Morgan fingerprint density at radius 3 is 2.69 bits per heavy atom. The van der Waals surface area contributed by atoms with Gasteiger partial charge in [-0.15, -0.1) is 0 Å². The van der Waals surface area contributed by atoms with Gasteiger partial charge in [0.2, 0.25) is 0 Å². The average Bonchev–Trinajstić information content (AvgIpc) is 3.23. The van der Waals surface area contributed by atoms with Crippen LogP contribution in [0.2, 0.25) is 0 Å². The van der Waals surface area contributed by atoms with E-state index in [2.05, 4.69) is 51.7 Å². The Labute approximate surface area is 205 Å². The van der Waals surface area contributed by atoms with E-state index in [1.807, 2.05) is 49.5 Å². The van der Waals surface area contributed by atoms with E-state index in [0.29, 0.717) is 11.4 Å². The number of allylic oxidation sites excluding steroid dienone is 3. The third-order valence-electron chi connectivity index (χ3n) is 6.07. The zero-order chi connectivity index (χ0) is 24.5. The topological polar surface area (TPSA) is 95.4 Å². The summed E-state index contributed by atoms with van der Waals surface area (Å²) in [5, 5.41) is 16.1. The Bertz CT molecular complexity index is 1430. The van der Waals surface area contributed by atoms with Crippen molar-refractivity contribution >= 4 is 22.6 Å². The molecule has 0 aliphatic carbocycles. The fraction of sp³-hybridized carbons (Fsp3) is 0.222. The summed E-state index contributed by atoms with van der Waals surface area (Å²) in [5.41, 5.74) is 7.74. The van der Waals surface area contributed by atoms with Gasteiger partial charge in [0.15, 0.2) is 0 Å². The van der Waals surface area contributed by atoms with E-state index >= 15 is 0 Å². The second-order valence-corrected chi connectivity index (χ2v) is 9.10. The zero-order valence-electron chi connectivity index (χ0n) is 20.0. The van der Waals surface area contributed by atoms with Crippen LogP contribution in [-0.2, 0) is 0 Å². The molecule has 3 heterocycles. The Hall–Kier alpha value is -4.35. The van der Waals surface area contributed by atoms with Crippen molar-refractivity contribution in [3.05, 3.63) is 84.0 Å². The quantitative estimate of drug-likeness (QED) is 0.507. The Balaban J connectivity index is 1.46. The van der Waals surface area contributed by atoms with Crippen LogP contribution in [0, 0.1) is 11.3 Å². The minimum absolute atomic E-state index is 0.536. The number of hydrogen-bond acceptors (Lipinski definition) is 7. The number of H-pyrrole nitrogens is 1. The molecular weight excluding hydrogens is 436 g/mol. The van der Waals surface area contributed by atoms with Crippen molar-refractivity contribution in [2.45, 2.75) is 19.8 Å². The van der Waals surface area contributed by atoms with E-state index in [1.54, 1.807) is 0 Å². The van der Waals surface area contributed by atoms with Crippen LogP contribution in [0.5, 0.6) is 0 Å². The van der Waals surface area contributed by atoms with E-state index in [-0.39, 0.29) is 0 Å².